The summed E-state index contributed by atoms with van der Waals surface area (Å²) in [7, 11) is -4.29. The van der Waals surface area contributed by atoms with Crippen LogP contribution in [0.25, 0.3) is 0 Å². The van der Waals surface area contributed by atoms with Crippen LogP contribution in [0.2, 0.25) is 0 Å². The third-order valence-electron chi connectivity index (χ3n) is 9.05. The Morgan fingerprint density at radius 2 is 0.982 bits per heavy atom. The molecule has 0 aromatic rings. The van der Waals surface area contributed by atoms with Gasteiger partial charge in [-0.3, -0.25) is 13.8 Å². The first-order valence-electron chi connectivity index (χ1n) is 22.6. The highest BCUT2D eigenvalue weighted by molar-refractivity contribution is 7.47. The van der Waals surface area contributed by atoms with Crippen molar-refractivity contribution in [3.63, 3.8) is 0 Å². The summed E-state index contributed by atoms with van der Waals surface area (Å²) in [5, 5.41) is 0. The van der Waals surface area contributed by atoms with E-state index in [1.54, 1.807) is 0 Å². The number of ether oxygens (including phenoxy) is 2. The van der Waals surface area contributed by atoms with E-state index in [1.807, 2.05) is 0 Å². The van der Waals surface area contributed by atoms with Gasteiger partial charge in [0.25, 0.3) is 0 Å². The Hall–Kier alpha value is -2.32. The lowest BCUT2D eigenvalue weighted by molar-refractivity contribution is -0.154. The molecule has 0 rings (SSSR count). The van der Waals surface area contributed by atoms with Crippen LogP contribution in [0.4, 0.5) is 0 Å². The number of unbranched alkanes of at least 4 members (excludes halogenated alkanes) is 15. The molecule has 328 valence electrons. The monoisotopic (exact) mass is 818 g/mol. The quantitative estimate of drug-likeness (QED) is 0.0271. The third kappa shape index (κ3) is 44.6. The normalized spacial score (nSPS) is 14.2. The van der Waals surface area contributed by atoms with Crippen molar-refractivity contribution in [3.8, 4) is 0 Å². The highest BCUT2D eigenvalue weighted by atomic mass is 31.2. The number of phosphoric acid groups is 1. The molecule has 2 unspecified atom stereocenters. The predicted octanol–water partition coefficient (Wildman–Crippen LogP) is 13.7. The van der Waals surface area contributed by atoms with Crippen molar-refractivity contribution in [3.05, 3.63) is 85.1 Å². The van der Waals surface area contributed by atoms with Gasteiger partial charge in [0, 0.05) is 19.6 Å². The molecule has 0 heterocycles. The molecule has 3 N–H and O–H groups in total. The van der Waals surface area contributed by atoms with Gasteiger partial charge in [-0.25, -0.2) is 4.57 Å². The number of carbonyl (C=O) groups excluding carboxylic acids is 1. The molecule has 2 atom stereocenters. The average Bonchev–Trinajstić information content (AvgIpc) is 3.20. The number of hydrogen-bond donors (Lipinski definition) is 2. The molecule has 0 aliphatic carbocycles. The highest BCUT2D eigenvalue weighted by Crippen LogP contribution is 2.43. The Bertz CT molecular complexity index is 1140. The summed E-state index contributed by atoms with van der Waals surface area (Å²) in [4.78, 5) is 22.5. The zero-order valence-corrected chi connectivity index (χ0v) is 37.2. The van der Waals surface area contributed by atoms with Gasteiger partial charge >= 0.3 is 13.8 Å². The minimum atomic E-state index is -4.29. The van der Waals surface area contributed by atoms with Crippen molar-refractivity contribution in [2.75, 3.05) is 33.0 Å². The second-order valence-corrected chi connectivity index (χ2v) is 16.0. The van der Waals surface area contributed by atoms with Crippen molar-refractivity contribution in [2.45, 2.75) is 180 Å². The molecular weight excluding hydrogens is 734 g/mol. The first kappa shape index (κ1) is 54.7. The first-order valence-corrected chi connectivity index (χ1v) is 24.1. The zero-order valence-electron chi connectivity index (χ0n) is 36.3. The SMILES string of the molecule is CC/C=C\C/C=C\C/C=C\C/C=C\C/C=C\CCCCCCOCC(COP(=O)(O)OCCN)OC(=O)CCCCCCCCC/C=C\C/C=C\CCCCCC. The van der Waals surface area contributed by atoms with E-state index in [0.717, 1.165) is 96.3 Å². The average molecular weight is 818 g/mol. The van der Waals surface area contributed by atoms with E-state index in [1.165, 1.54) is 57.8 Å². The van der Waals surface area contributed by atoms with E-state index in [2.05, 4.69) is 98.9 Å². The molecule has 0 radical (unpaired) electrons. The Morgan fingerprint density at radius 3 is 1.47 bits per heavy atom. The maximum atomic E-state index is 12.6. The fourth-order valence-electron chi connectivity index (χ4n) is 5.76. The van der Waals surface area contributed by atoms with Crippen molar-refractivity contribution < 1.29 is 32.8 Å². The molecule has 0 saturated heterocycles. The maximum Gasteiger partial charge on any atom is 0.472 e. The molecule has 0 aliphatic rings. The Balaban J connectivity index is 4.11. The molecule has 0 aromatic carbocycles. The van der Waals surface area contributed by atoms with Gasteiger partial charge in [0.15, 0.2) is 0 Å². The van der Waals surface area contributed by atoms with Crippen molar-refractivity contribution in [1.82, 2.24) is 0 Å². The largest absolute Gasteiger partial charge is 0.472 e. The summed E-state index contributed by atoms with van der Waals surface area (Å²) >= 11 is 0. The van der Waals surface area contributed by atoms with Crippen LogP contribution in [0.3, 0.4) is 0 Å². The van der Waals surface area contributed by atoms with Gasteiger partial charge in [0.2, 0.25) is 0 Å². The highest BCUT2D eigenvalue weighted by Gasteiger charge is 2.25. The number of allylic oxidation sites excluding steroid dienone is 14. The zero-order chi connectivity index (χ0) is 41.6. The summed E-state index contributed by atoms with van der Waals surface area (Å²) in [6.45, 7) is 4.70. The second kappa shape index (κ2) is 44.8. The van der Waals surface area contributed by atoms with Gasteiger partial charge < -0.3 is 20.1 Å². The lowest BCUT2D eigenvalue weighted by Crippen LogP contribution is -2.28. The van der Waals surface area contributed by atoms with Crippen LogP contribution in [0.1, 0.15) is 174 Å². The number of phosphoric ester groups is 1. The fraction of sp³-hybridized carbons (Fsp3) is 0.688. The van der Waals surface area contributed by atoms with Crippen molar-refractivity contribution >= 4 is 13.8 Å². The van der Waals surface area contributed by atoms with Crippen LogP contribution in [0.15, 0.2) is 85.1 Å². The minimum Gasteiger partial charge on any atom is -0.457 e. The van der Waals surface area contributed by atoms with Gasteiger partial charge in [-0.2, -0.15) is 0 Å². The molecule has 0 aliphatic heterocycles. The summed E-state index contributed by atoms with van der Waals surface area (Å²) < 4.78 is 33.4. The van der Waals surface area contributed by atoms with E-state index in [4.69, 9.17) is 24.3 Å². The number of nitrogens with two attached hydrogens (primary N) is 1. The lowest BCUT2D eigenvalue weighted by atomic mass is 10.1. The van der Waals surface area contributed by atoms with Gasteiger partial charge in [-0.05, 0) is 89.9 Å². The summed E-state index contributed by atoms with van der Waals surface area (Å²) in [5.74, 6) is -0.351. The van der Waals surface area contributed by atoms with Crippen LogP contribution >= 0.6 is 7.82 Å². The maximum absolute atomic E-state index is 12.6. The van der Waals surface area contributed by atoms with E-state index < -0.39 is 13.9 Å². The molecule has 8 nitrogen and oxygen atoms in total. The van der Waals surface area contributed by atoms with E-state index in [0.29, 0.717) is 13.0 Å². The van der Waals surface area contributed by atoms with E-state index in [9.17, 15) is 14.3 Å². The molecule has 57 heavy (non-hydrogen) atoms. The molecule has 0 amide bonds. The topological polar surface area (TPSA) is 117 Å². The number of esters is 1. The van der Waals surface area contributed by atoms with Crippen LogP contribution in [-0.4, -0.2) is 49.9 Å². The summed E-state index contributed by atoms with van der Waals surface area (Å²) in [6.07, 6.45) is 57.4. The predicted molar refractivity (Wildman–Crippen MR) is 242 cm³/mol. The number of hydrogen-bond acceptors (Lipinski definition) is 7. The molecule has 0 fully saturated rings. The molecular formula is C48H84NO7P. The standard InChI is InChI=1S/C48H84NO7P/c1-3-5-7-9-11-13-15-17-19-21-23-24-26-28-30-32-34-36-38-40-43-53-45-47(46-55-57(51,52)54-44-42-49)56-48(50)41-39-37-35-33-31-29-27-25-22-20-18-16-14-12-10-8-6-4-2/h5,7,11,13-14,16-17,19-20,22-24,28,30,47H,3-4,6,8-10,12,15,18,21,25-27,29,31-46,49H2,1-2H3,(H,51,52)/b7-5-,13-11-,16-14-,19-17-,22-20-,24-23-,30-28-. The Kier molecular flexibility index (Phi) is 43.0. The van der Waals surface area contributed by atoms with Gasteiger partial charge in [-0.15, -0.1) is 0 Å². The Morgan fingerprint density at radius 1 is 0.544 bits per heavy atom. The van der Waals surface area contributed by atoms with Crippen LogP contribution < -0.4 is 5.73 Å². The molecule has 9 heteroatoms. The van der Waals surface area contributed by atoms with Crippen molar-refractivity contribution in [1.29, 1.82) is 0 Å². The molecule has 0 saturated carbocycles. The van der Waals surface area contributed by atoms with Gasteiger partial charge in [0.1, 0.15) is 6.10 Å². The summed E-state index contributed by atoms with van der Waals surface area (Å²) in [6, 6.07) is 0. The van der Waals surface area contributed by atoms with Gasteiger partial charge in [-0.1, -0.05) is 163 Å². The van der Waals surface area contributed by atoms with E-state index in [-0.39, 0.29) is 32.3 Å². The number of carbonyl (C=O) groups is 1. The molecule has 0 aromatic heterocycles. The van der Waals surface area contributed by atoms with E-state index >= 15 is 0 Å². The van der Waals surface area contributed by atoms with Gasteiger partial charge in [0.05, 0.1) is 19.8 Å². The Labute approximate surface area is 349 Å². The molecule has 0 bridgehead atoms. The molecule has 0 spiro atoms. The van der Waals surface area contributed by atoms with Crippen LogP contribution in [-0.2, 0) is 27.9 Å². The fourth-order valence-corrected chi connectivity index (χ4v) is 6.52. The first-order chi connectivity index (χ1) is 27.9. The van der Waals surface area contributed by atoms with Crippen LogP contribution in [0, 0.1) is 0 Å². The van der Waals surface area contributed by atoms with Crippen LogP contribution in [0.5, 0.6) is 0 Å². The number of rotatable bonds is 42. The smallest absolute Gasteiger partial charge is 0.457 e. The minimum absolute atomic E-state index is 0.0898. The van der Waals surface area contributed by atoms with Crippen molar-refractivity contribution in [2.24, 2.45) is 5.73 Å². The second-order valence-electron chi connectivity index (χ2n) is 14.5. The third-order valence-corrected chi connectivity index (χ3v) is 10.0. The summed E-state index contributed by atoms with van der Waals surface area (Å²) in [5.41, 5.74) is 5.37. The lowest BCUT2D eigenvalue weighted by Gasteiger charge is -2.20.